The standard InChI is InChI=1S/C17H16N6O3.C2HF3O2/c24-14-7-23(17-15-16(19-8-18-15)20-9-21-17)4-3-22(14)6-11-1-2-12-13(5-11)26-10-25-12;3-2(4,5)1(6)7/h1-2,5,8-9H,3-4,6-7,10H2,(H,18,19,20,21);(H,6,7). The first-order valence-corrected chi connectivity index (χ1v) is 9.58. The van der Waals surface area contributed by atoms with Gasteiger partial charge in [0.1, 0.15) is 11.8 Å². The number of carboxylic acid groups (broad SMARTS) is 1. The van der Waals surface area contributed by atoms with Crippen molar-refractivity contribution < 1.29 is 37.3 Å². The maximum Gasteiger partial charge on any atom is 0.490 e. The highest BCUT2D eigenvalue weighted by atomic mass is 19.4. The Morgan fingerprint density at radius 3 is 2.64 bits per heavy atom. The van der Waals surface area contributed by atoms with Gasteiger partial charge in [0.05, 0.1) is 12.9 Å². The van der Waals surface area contributed by atoms with E-state index in [1.54, 1.807) is 6.33 Å². The number of benzene rings is 1. The van der Waals surface area contributed by atoms with Crippen LogP contribution in [-0.4, -0.2) is 74.4 Å². The van der Waals surface area contributed by atoms with Gasteiger partial charge in [-0.2, -0.15) is 13.2 Å². The highest BCUT2D eigenvalue weighted by Crippen LogP contribution is 2.33. The van der Waals surface area contributed by atoms with Crippen molar-refractivity contribution in [2.75, 3.05) is 31.3 Å². The summed E-state index contributed by atoms with van der Waals surface area (Å²) in [6.07, 6.45) is -2.03. The summed E-state index contributed by atoms with van der Waals surface area (Å²) in [7, 11) is 0. The first kappa shape index (κ1) is 22.1. The second-order valence-electron chi connectivity index (χ2n) is 7.03. The number of carbonyl (C=O) groups excluding carboxylic acids is 1. The van der Waals surface area contributed by atoms with Gasteiger partial charge in [-0.05, 0) is 17.7 Å². The zero-order valence-electron chi connectivity index (χ0n) is 16.9. The molecule has 33 heavy (non-hydrogen) atoms. The predicted octanol–water partition coefficient (Wildman–Crippen LogP) is 1.56. The van der Waals surface area contributed by atoms with Gasteiger partial charge in [-0.25, -0.2) is 19.7 Å². The third-order valence-electron chi connectivity index (χ3n) is 4.87. The van der Waals surface area contributed by atoms with Crippen molar-refractivity contribution in [1.29, 1.82) is 0 Å². The number of aliphatic carboxylic acids is 1. The number of anilines is 1. The molecule has 2 aromatic heterocycles. The van der Waals surface area contributed by atoms with Crippen molar-refractivity contribution in [3.05, 3.63) is 36.4 Å². The fraction of sp³-hybridized carbons (Fsp3) is 0.316. The molecule has 0 spiro atoms. The molecule has 0 radical (unpaired) electrons. The molecule has 1 aromatic carbocycles. The fourth-order valence-corrected chi connectivity index (χ4v) is 3.31. The summed E-state index contributed by atoms with van der Waals surface area (Å²) >= 11 is 0. The summed E-state index contributed by atoms with van der Waals surface area (Å²) in [5.74, 6) is -0.510. The molecule has 2 N–H and O–H groups in total. The summed E-state index contributed by atoms with van der Waals surface area (Å²) in [5.41, 5.74) is 2.38. The average molecular weight is 466 g/mol. The molecule has 1 amide bonds. The van der Waals surface area contributed by atoms with E-state index in [2.05, 4.69) is 19.9 Å². The number of aromatic nitrogens is 4. The highest BCUT2D eigenvalue weighted by Gasteiger charge is 2.38. The Balaban J connectivity index is 0.000000325. The average Bonchev–Trinajstić information content (AvgIpc) is 3.43. The van der Waals surface area contributed by atoms with Crippen LogP contribution >= 0.6 is 0 Å². The van der Waals surface area contributed by atoms with Gasteiger partial charge in [-0.15, -0.1) is 0 Å². The number of ether oxygens (including phenoxy) is 2. The number of imidazole rings is 1. The van der Waals surface area contributed by atoms with Crippen LogP contribution in [0, 0.1) is 0 Å². The number of amides is 1. The monoisotopic (exact) mass is 466 g/mol. The van der Waals surface area contributed by atoms with Gasteiger partial charge in [-0.1, -0.05) is 6.07 Å². The Bertz CT molecular complexity index is 1180. The molecule has 0 bridgehead atoms. The molecule has 0 atom stereocenters. The minimum Gasteiger partial charge on any atom is -0.475 e. The van der Waals surface area contributed by atoms with Crippen LogP contribution in [0.15, 0.2) is 30.9 Å². The summed E-state index contributed by atoms with van der Waals surface area (Å²) < 4.78 is 42.5. The molecule has 3 aromatic rings. The van der Waals surface area contributed by atoms with E-state index in [1.165, 1.54) is 6.33 Å². The van der Waals surface area contributed by atoms with E-state index in [9.17, 15) is 18.0 Å². The first-order valence-electron chi connectivity index (χ1n) is 9.58. The van der Waals surface area contributed by atoms with Crippen molar-refractivity contribution in [2.45, 2.75) is 12.7 Å². The minimum absolute atomic E-state index is 0.0557. The largest absolute Gasteiger partial charge is 0.490 e. The SMILES string of the molecule is O=C(O)C(F)(F)F.O=C1CN(c2ncnc3nc[nH]c23)CCN1Cc1ccc2c(c1)OCO2. The molecule has 0 saturated carbocycles. The second-order valence-corrected chi connectivity index (χ2v) is 7.03. The molecule has 0 unspecified atom stereocenters. The highest BCUT2D eigenvalue weighted by molar-refractivity contribution is 5.88. The molecule has 0 aliphatic carbocycles. The molecule has 1 saturated heterocycles. The third-order valence-corrected chi connectivity index (χ3v) is 4.87. The molecule has 4 heterocycles. The lowest BCUT2D eigenvalue weighted by Gasteiger charge is -2.35. The second kappa shape index (κ2) is 8.80. The molecule has 11 nitrogen and oxygen atoms in total. The number of nitrogens with one attached hydrogen (secondary N) is 1. The number of nitrogens with zero attached hydrogens (tertiary/aromatic N) is 5. The van der Waals surface area contributed by atoms with Gasteiger partial charge in [0.15, 0.2) is 23.0 Å². The van der Waals surface area contributed by atoms with E-state index < -0.39 is 12.1 Å². The lowest BCUT2D eigenvalue weighted by Crippen LogP contribution is -2.50. The number of aromatic amines is 1. The van der Waals surface area contributed by atoms with Crippen molar-refractivity contribution in [3.63, 3.8) is 0 Å². The Morgan fingerprint density at radius 2 is 1.91 bits per heavy atom. The Kier molecular flexibility index (Phi) is 5.89. The fourth-order valence-electron chi connectivity index (χ4n) is 3.31. The smallest absolute Gasteiger partial charge is 0.475 e. The van der Waals surface area contributed by atoms with E-state index in [4.69, 9.17) is 19.4 Å². The van der Waals surface area contributed by atoms with Gasteiger partial charge in [0, 0.05) is 19.6 Å². The Morgan fingerprint density at radius 1 is 1.15 bits per heavy atom. The van der Waals surface area contributed by atoms with Gasteiger partial charge in [0.25, 0.3) is 0 Å². The minimum atomic E-state index is -5.08. The number of rotatable bonds is 3. The van der Waals surface area contributed by atoms with Gasteiger partial charge in [-0.3, -0.25) is 4.79 Å². The zero-order chi connectivity index (χ0) is 23.6. The van der Waals surface area contributed by atoms with Gasteiger partial charge in [0.2, 0.25) is 12.7 Å². The van der Waals surface area contributed by atoms with Crippen molar-refractivity contribution >= 4 is 28.9 Å². The van der Waals surface area contributed by atoms with E-state index in [0.717, 1.165) is 22.6 Å². The predicted molar refractivity (Wildman–Crippen MR) is 106 cm³/mol. The van der Waals surface area contributed by atoms with Crippen LogP contribution in [0.4, 0.5) is 19.0 Å². The molecule has 1 fully saturated rings. The maximum atomic E-state index is 12.6. The zero-order valence-corrected chi connectivity index (χ0v) is 16.9. The number of fused-ring (bicyclic) bond motifs is 2. The lowest BCUT2D eigenvalue weighted by atomic mass is 10.1. The third kappa shape index (κ3) is 4.88. The van der Waals surface area contributed by atoms with Crippen LogP contribution in [0.2, 0.25) is 0 Å². The van der Waals surface area contributed by atoms with Crippen LogP contribution in [-0.2, 0) is 16.1 Å². The molecule has 2 aliphatic rings. The molecule has 14 heteroatoms. The number of halogens is 3. The molecular weight excluding hydrogens is 449 g/mol. The topological polar surface area (TPSA) is 134 Å². The van der Waals surface area contributed by atoms with E-state index in [-0.39, 0.29) is 19.2 Å². The van der Waals surface area contributed by atoms with Crippen LogP contribution in [0.1, 0.15) is 5.56 Å². The van der Waals surface area contributed by atoms with Crippen LogP contribution in [0.3, 0.4) is 0 Å². The molecular formula is C19H17F3N6O5. The summed E-state index contributed by atoms with van der Waals surface area (Å²) in [6, 6.07) is 5.78. The summed E-state index contributed by atoms with van der Waals surface area (Å²) in [6.45, 7) is 2.38. The van der Waals surface area contributed by atoms with Gasteiger partial charge >= 0.3 is 12.1 Å². The number of alkyl halides is 3. The van der Waals surface area contributed by atoms with E-state index in [0.29, 0.717) is 31.1 Å². The normalized spacial score (nSPS) is 15.4. The van der Waals surface area contributed by atoms with E-state index >= 15 is 0 Å². The van der Waals surface area contributed by atoms with E-state index in [1.807, 2.05) is 28.0 Å². The van der Waals surface area contributed by atoms with Crippen LogP contribution in [0.25, 0.3) is 11.2 Å². The van der Waals surface area contributed by atoms with Crippen molar-refractivity contribution in [1.82, 2.24) is 24.8 Å². The van der Waals surface area contributed by atoms with Gasteiger partial charge < -0.3 is 29.4 Å². The quantitative estimate of drug-likeness (QED) is 0.590. The van der Waals surface area contributed by atoms with Crippen LogP contribution in [0.5, 0.6) is 11.5 Å². The molecule has 174 valence electrons. The number of piperazine rings is 1. The maximum absolute atomic E-state index is 12.6. The Labute approximate surface area is 183 Å². The first-order chi connectivity index (χ1) is 15.7. The van der Waals surface area contributed by atoms with Crippen molar-refractivity contribution in [3.8, 4) is 11.5 Å². The summed E-state index contributed by atoms with van der Waals surface area (Å²) in [5, 5.41) is 7.12. The van der Waals surface area contributed by atoms with Crippen molar-refractivity contribution in [2.24, 2.45) is 0 Å². The lowest BCUT2D eigenvalue weighted by molar-refractivity contribution is -0.192. The molecule has 2 aliphatic heterocycles. The number of hydrogen-bond acceptors (Lipinski definition) is 8. The number of hydrogen-bond donors (Lipinski definition) is 2. The number of carbonyl (C=O) groups is 2. The number of H-pyrrole nitrogens is 1. The van der Waals surface area contributed by atoms with Crippen LogP contribution < -0.4 is 14.4 Å². The summed E-state index contributed by atoms with van der Waals surface area (Å²) in [4.78, 5) is 41.0. The molecule has 5 rings (SSSR count). The Hall–Kier alpha value is -4.10. The number of carboxylic acids is 1.